The van der Waals surface area contributed by atoms with E-state index in [1.807, 2.05) is 13.8 Å². The molecule has 2 rings (SSSR count). The molecular formula is C17H26N2O2. The van der Waals surface area contributed by atoms with Gasteiger partial charge in [-0.05, 0) is 43.4 Å². The average Bonchev–Trinajstić information content (AvgIpc) is 3.19. The van der Waals surface area contributed by atoms with Gasteiger partial charge in [-0.1, -0.05) is 26.0 Å². The topological polar surface area (TPSA) is 50.4 Å². The van der Waals surface area contributed by atoms with Crippen molar-refractivity contribution in [3.8, 4) is 5.75 Å². The molecule has 0 radical (unpaired) electrons. The number of hydrogen-bond acceptors (Lipinski definition) is 3. The molecule has 1 amide bonds. The zero-order chi connectivity index (χ0) is 15.4. The van der Waals surface area contributed by atoms with Gasteiger partial charge in [0, 0.05) is 18.6 Å². The highest BCUT2D eigenvalue weighted by Gasteiger charge is 2.23. The van der Waals surface area contributed by atoms with E-state index in [1.165, 1.54) is 5.56 Å². The summed E-state index contributed by atoms with van der Waals surface area (Å²) < 4.78 is 5.71. The summed E-state index contributed by atoms with van der Waals surface area (Å²) in [6, 6.07) is 5.09. The Morgan fingerprint density at radius 1 is 1.29 bits per heavy atom. The first-order chi connectivity index (χ1) is 9.95. The molecule has 0 spiro atoms. The highest BCUT2D eigenvalue weighted by molar-refractivity contribution is 5.78. The fraction of sp³-hybridized carbons (Fsp3) is 0.588. The van der Waals surface area contributed by atoms with Crippen LogP contribution in [0.25, 0.3) is 0 Å². The average molecular weight is 290 g/mol. The van der Waals surface area contributed by atoms with E-state index < -0.39 is 0 Å². The van der Waals surface area contributed by atoms with Crippen molar-refractivity contribution in [3.63, 3.8) is 0 Å². The fourth-order valence-electron chi connectivity index (χ4n) is 2.33. The predicted octanol–water partition coefficient (Wildman–Crippen LogP) is 2.46. The van der Waals surface area contributed by atoms with Crippen molar-refractivity contribution < 1.29 is 9.53 Å². The monoisotopic (exact) mass is 290 g/mol. The molecule has 1 aliphatic carbocycles. The minimum Gasteiger partial charge on any atom is -0.483 e. The Morgan fingerprint density at radius 2 is 1.90 bits per heavy atom. The number of benzene rings is 1. The van der Waals surface area contributed by atoms with Crippen molar-refractivity contribution in [2.24, 2.45) is 0 Å². The van der Waals surface area contributed by atoms with Gasteiger partial charge in [0.1, 0.15) is 5.75 Å². The summed E-state index contributed by atoms with van der Waals surface area (Å²) in [5, 5.41) is 6.34. The number of amides is 1. The van der Waals surface area contributed by atoms with Crippen LogP contribution in [0.2, 0.25) is 0 Å². The van der Waals surface area contributed by atoms with Crippen LogP contribution in [0.3, 0.4) is 0 Å². The Morgan fingerprint density at radius 3 is 2.43 bits per heavy atom. The largest absolute Gasteiger partial charge is 0.483 e. The van der Waals surface area contributed by atoms with Gasteiger partial charge in [-0.2, -0.15) is 0 Å². The van der Waals surface area contributed by atoms with E-state index in [-0.39, 0.29) is 12.5 Å². The van der Waals surface area contributed by atoms with Gasteiger partial charge in [0.15, 0.2) is 6.61 Å². The van der Waals surface area contributed by atoms with E-state index in [0.717, 1.165) is 36.3 Å². The lowest BCUT2D eigenvalue weighted by Gasteiger charge is -2.15. The SMILES string of the molecule is Cc1cc(CNC(C)C)cc(C)c1OCC(=O)NC1CC1. The zero-order valence-corrected chi connectivity index (χ0v) is 13.5. The molecule has 4 heteroatoms. The molecule has 21 heavy (non-hydrogen) atoms. The molecule has 0 saturated heterocycles. The van der Waals surface area contributed by atoms with Gasteiger partial charge in [0.2, 0.25) is 0 Å². The third-order valence-electron chi connectivity index (χ3n) is 3.52. The third kappa shape index (κ3) is 5.05. The smallest absolute Gasteiger partial charge is 0.258 e. The highest BCUT2D eigenvalue weighted by Crippen LogP contribution is 2.25. The van der Waals surface area contributed by atoms with Crippen LogP contribution in [0.4, 0.5) is 0 Å². The molecular weight excluding hydrogens is 264 g/mol. The van der Waals surface area contributed by atoms with Crippen molar-refractivity contribution in [1.29, 1.82) is 0 Å². The summed E-state index contributed by atoms with van der Waals surface area (Å²) in [6.07, 6.45) is 2.20. The minimum absolute atomic E-state index is 0.0261. The summed E-state index contributed by atoms with van der Waals surface area (Å²) >= 11 is 0. The molecule has 1 aromatic carbocycles. The van der Waals surface area contributed by atoms with Crippen LogP contribution in [-0.4, -0.2) is 24.6 Å². The molecule has 0 atom stereocenters. The Bertz CT molecular complexity index is 485. The summed E-state index contributed by atoms with van der Waals surface area (Å²) in [5.41, 5.74) is 3.40. The van der Waals surface area contributed by atoms with Gasteiger partial charge in [-0.15, -0.1) is 0 Å². The standard InChI is InChI=1S/C17H26N2O2/c1-11(2)18-9-14-7-12(3)17(13(4)8-14)21-10-16(20)19-15-5-6-15/h7-8,11,15,18H,5-6,9-10H2,1-4H3,(H,19,20). The number of aryl methyl sites for hydroxylation is 2. The number of ether oxygens (including phenoxy) is 1. The van der Waals surface area contributed by atoms with Gasteiger partial charge in [-0.25, -0.2) is 0 Å². The predicted molar refractivity (Wildman–Crippen MR) is 84.6 cm³/mol. The lowest BCUT2D eigenvalue weighted by Crippen LogP contribution is -2.30. The quantitative estimate of drug-likeness (QED) is 0.811. The third-order valence-corrected chi connectivity index (χ3v) is 3.52. The van der Waals surface area contributed by atoms with E-state index in [0.29, 0.717) is 12.1 Å². The van der Waals surface area contributed by atoms with Gasteiger partial charge in [0.25, 0.3) is 5.91 Å². The van der Waals surface area contributed by atoms with Crippen LogP contribution in [0.15, 0.2) is 12.1 Å². The number of nitrogens with one attached hydrogen (secondary N) is 2. The Balaban J connectivity index is 1.93. The number of carbonyl (C=O) groups is 1. The number of rotatable bonds is 7. The van der Waals surface area contributed by atoms with Gasteiger partial charge >= 0.3 is 0 Å². The Kier molecular flexibility index (Phi) is 5.23. The van der Waals surface area contributed by atoms with Gasteiger partial charge < -0.3 is 15.4 Å². The van der Waals surface area contributed by atoms with Crippen LogP contribution in [0.5, 0.6) is 5.75 Å². The first kappa shape index (κ1) is 15.8. The maximum atomic E-state index is 11.7. The van der Waals surface area contributed by atoms with E-state index in [9.17, 15) is 4.79 Å². The van der Waals surface area contributed by atoms with Crippen molar-refractivity contribution in [2.45, 2.75) is 59.2 Å². The summed E-state index contributed by atoms with van der Waals surface area (Å²) in [4.78, 5) is 11.7. The first-order valence-corrected chi connectivity index (χ1v) is 7.71. The van der Waals surface area contributed by atoms with Gasteiger partial charge in [-0.3, -0.25) is 4.79 Å². The lowest BCUT2D eigenvalue weighted by atomic mass is 10.1. The summed E-state index contributed by atoms with van der Waals surface area (Å²) in [5.74, 6) is 0.802. The van der Waals surface area contributed by atoms with Crippen molar-refractivity contribution >= 4 is 5.91 Å². The maximum absolute atomic E-state index is 11.7. The van der Waals surface area contributed by atoms with Crippen LogP contribution < -0.4 is 15.4 Å². The molecule has 1 saturated carbocycles. The molecule has 1 fully saturated rings. The zero-order valence-electron chi connectivity index (χ0n) is 13.5. The number of carbonyl (C=O) groups excluding carboxylic acids is 1. The van der Waals surface area contributed by atoms with Crippen LogP contribution >= 0.6 is 0 Å². The maximum Gasteiger partial charge on any atom is 0.258 e. The molecule has 0 aliphatic heterocycles. The van der Waals surface area contributed by atoms with Crippen molar-refractivity contribution in [1.82, 2.24) is 10.6 Å². The van der Waals surface area contributed by atoms with Crippen LogP contribution in [0.1, 0.15) is 43.4 Å². The molecule has 2 N–H and O–H groups in total. The Hall–Kier alpha value is -1.55. The molecule has 0 unspecified atom stereocenters. The number of hydrogen-bond donors (Lipinski definition) is 2. The molecule has 0 heterocycles. The lowest BCUT2D eigenvalue weighted by molar-refractivity contribution is -0.123. The molecule has 0 aromatic heterocycles. The Labute approximate surface area is 127 Å². The molecule has 1 aromatic rings. The second kappa shape index (κ2) is 6.94. The van der Waals surface area contributed by atoms with Crippen LogP contribution in [0, 0.1) is 13.8 Å². The molecule has 116 valence electrons. The molecule has 0 bridgehead atoms. The molecule has 4 nitrogen and oxygen atoms in total. The highest BCUT2D eigenvalue weighted by atomic mass is 16.5. The summed E-state index contributed by atoms with van der Waals surface area (Å²) in [7, 11) is 0. The first-order valence-electron chi connectivity index (χ1n) is 7.71. The fourth-order valence-corrected chi connectivity index (χ4v) is 2.33. The van der Waals surface area contributed by atoms with E-state index in [2.05, 4.69) is 36.6 Å². The van der Waals surface area contributed by atoms with E-state index in [1.54, 1.807) is 0 Å². The van der Waals surface area contributed by atoms with Crippen molar-refractivity contribution in [3.05, 3.63) is 28.8 Å². The van der Waals surface area contributed by atoms with E-state index >= 15 is 0 Å². The minimum atomic E-state index is -0.0261. The van der Waals surface area contributed by atoms with Crippen molar-refractivity contribution in [2.75, 3.05) is 6.61 Å². The van der Waals surface area contributed by atoms with Crippen LogP contribution in [-0.2, 0) is 11.3 Å². The van der Waals surface area contributed by atoms with Gasteiger partial charge in [0.05, 0.1) is 0 Å². The second-order valence-corrected chi connectivity index (χ2v) is 6.22. The van der Waals surface area contributed by atoms with E-state index in [4.69, 9.17) is 4.74 Å². The molecule has 1 aliphatic rings. The normalized spacial score (nSPS) is 14.3. The second-order valence-electron chi connectivity index (χ2n) is 6.22. The summed E-state index contributed by atoms with van der Waals surface area (Å²) in [6.45, 7) is 9.27.